The van der Waals surface area contributed by atoms with Gasteiger partial charge in [0.15, 0.2) is 0 Å². The van der Waals surface area contributed by atoms with E-state index in [1.54, 1.807) is 4.31 Å². The molecule has 0 unspecified atom stereocenters. The summed E-state index contributed by atoms with van der Waals surface area (Å²) in [5, 5.41) is 0. The lowest BCUT2D eigenvalue weighted by Gasteiger charge is -2.23. The van der Waals surface area contributed by atoms with E-state index in [0.29, 0.717) is 32.7 Å². The number of nitrogens with zero attached hydrogens (tertiary/aromatic N) is 1. The van der Waals surface area contributed by atoms with E-state index in [0.717, 1.165) is 11.1 Å². The Bertz CT molecular complexity index is 727. The highest BCUT2D eigenvalue weighted by atomic mass is 32.2. The maximum Gasteiger partial charge on any atom is 0.214 e. The molecular weight excluding hydrogens is 358 g/mol. The molecule has 0 saturated heterocycles. The molecule has 0 aliphatic heterocycles. The molecule has 2 aromatic carbocycles. The van der Waals surface area contributed by atoms with E-state index in [9.17, 15) is 8.42 Å². The number of hydrogen-bond donors (Lipinski definition) is 0. The summed E-state index contributed by atoms with van der Waals surface area (Å²) in [5.41, 5.74) is 2.06. The van der Waals surface area contributed by atoms with E-state index >= 15 is 0 Å². The highest BCUT2D eigenvalue weighted by Gasteiger charge is 2.22. The molecule has 0 saturated carbocycles. The minimum atomic E-state index is -3.38. The van der Waals surface area contributed by atoms with Gasteiger partial charge in [0.2, 0.25) is 10.0 Å². The smallest absolute Gasteiger partial charge is 0.214 e. The van der Waals surface area contributed by atoms with Crippen LogP contribution in [0.25, 0.3) is 0 Å². The summed E-state index contributed by atoms with van der Waals surface area (Å²) >= 11 is 0. The maximum absolute atomic E-state index is 13.0. The fourth-order valence-electron chi connectivity index (χ4n) is 2.68. The quantitative estimate of drug-likeness (QED) is 0.563. The number of benzene rings is 2. The van der Waals surface area contributed by atoms with Crippen LogP contribution in [0.4, 0.5) is 0 Å². The van der Waals surface area contributed by atoms with Gasteiger partial charge in [0.1, 0.15) is 0 Å². The van der Waals surface area contributed by atoms with E-state index < -0.39 is 10.0 Å². The summed E-state index contributed by atoms with van der Waals surface area (Å²) < 4.78 is 33.1. The number of ether oxygens (including phenoxy) is 1. The molecule has 0 amide bonds. The van der Waals surface area contributed by atoms with E-state index in [1.165, 1.54) is 0 Å². The molecule has 148 valence electrons. The number of hydrogen-bond acceptors (Lipinski definition) is 3. The van der Waals surface area contributed by atoms with Gasteiger partial charge in [0, 0.05) is 19.7 Å². The van der Waals surface area contributed by atoms with Gasteiger partial charge in [0.05, 0.1) is 12.4 Å². The van der Waals surface area contributed by atoms with Crippen LogP contribution in [-0.2, 0) is 27.8 Å². The summed E-state index contributed by atoms with van der Waals surface area (Å²) in [6, 6.07) is 19.4. The third kappa shape index (κ3) is 8.24. The number of rotatable bonds is 10. The summed E-state index contributed by atoms with van der Waals surface area (Å²) in [6.07, 6.45) is 0.499. The fraction of sp³-hybridized carbons (Fsp3) is 0.455. The number of sulfonamides is 1. The largest absolute Gasteiger partial charge is 0.381 e. The van der Waals surface area contributed by atoms with Crippen LogP contribution in [-0.4, -0.2) is 31.7 Å². The molecule has 5 heteroatoms. The van der Waals surface area contributed by atoms with Crippen LogP contribution in [0.2, 0.25) is 0 Å². The van der Waals surface area contributed by atoms with Crippen LogP contribution in [0.15, 0.2) is 60.7 Å². The summed E-state index contributed by atoms with van der Waals surface area (Å²) in [4.78, 5) is 0. The van der Waals surface area contributed by atoms with Gasteiger partial charge in [-0.15, -0.1) is 0 Å². The fourth-order valence-corrected chi connectivity index (χ4v) is 4.11. The second-order valence-corrected chi connectivity index (χ2v) is 10.1. The van der Waals surface area contributed by atoms with Gasteiger partial charge in [-0.1, -0.05) is 81.4 Å². The lowest BCUT2D eigenvalue weighted by molar-refractivity contribution is 0.0719. The third-order valence-corrected chi connectivity index (χ3v) is 5.87. The van der Waals surface area contributed by atoms with Crippen LogP contribution in [0.1, 0.15) is 38.3 Å². The van der Waals surface area contributed by atoms with Crippen molar-refractivity contribution in [1.29, 1.82) is 0 Å². The lowest BCUT2D eigenvalue weighted by Crippen LogP contribution is -2.32. The Morgan fingerprint density at radius 1 is 0.852 bits per heavy atom. The zero-order chi connectivity index (χ0) is 19.8. The Morgan fingerprint density at radius 2 is 1.33 bits per heavy atom. The molecule has 0 radical (unpaired) electrons. The van der Waals surface area contributed by atoms with Crippen molar-refractivity contribution in [2.45, 2.75) is 40.3 Å². The third-order valence-electron chi connectivity index (χ3n) is 4.02. The average Bonchev–Trinajstić information content (AvgIpc) is 2.61. The molecule has 0 aliphatic rings. The predicted molar refractivity (Wildman–Crippen MR) is 111 cm³/mol. The van der Waals surface area contributed by atoms with Crippen molar-refractivity contribution in [1.82, 2.24) is 4.31 Å². The highest BCUT2D eigenvalue weighted by molar-refractivity contribution is 7.89. The molecule has 27 heavy (non-hydrogen) atoms. The Balaban J connectivity index is 2.01. The van der Waals surface area contributed by atoms with Gasteiger partial charge in [-0.2, -0.15) is 4.31 Å². The molecular formula is C22H31NO3S. The molecule has 0 spiro atoms. The lowest BCUT2D eigenvalue weighted by atomic mass is 9.99. The van der Waals surface area contributed by atoms with E-state index in [-0.39, 0.29) is 11.2 Å². The van der Waals surface area contributed by atoms with Crippen molar-refractivity contribution in [3.8, 4) is 0 Å². The van der Waals surface area contributed by atoms with Crippen molar-refractivity contribution >= 4 is 10.0 Å². The summed E-state index contributed by atoms with van der Waals surface area (Å²) in [7, 11) is -3.38. The first-order valence-corrected chi connectivity index (χ1v) is 11.0. The van der Waals surface area contributed by atoms with Crippen LogP contribution in [0.3, 0.4) is 0 Å². The Kier molecular flexibility index (Phi) is 8.02. The molecule has 2 rings (SSSR count). The van der Waals surface area contributed by atoms with Gasteiger partial charge in [-0.3, -0.25) is 0 Å². The summed E-state index contributed by atoms with van der Waals surface area (Å²) in [5.74, 6) is 0.0941. The topological polar surface area (TPSA) is 46.6 Å². The summed E-state index contributed by atoms with van der Waals surface area (Å²) in [6.45, 7) is 8.15. The van der Waals surface area contributed by atoms with E-state index in [4.69, 9.17) is 4.74 Å². The molecule has 4 nitrogen and oxygen atoms in total. The zero-order valence-electron chi connectivity index (χ0n) is 16.6. The van der Waals surface area contributed by atoms with Crippen LogP contribution in [0, 0.1) is 5.41 Å². The van der Waals surface area contributed by atoms with Crippen LogP contribution in [0.5, 0.6) is 0 Å². The molecule has 0 aromatic heterocycles. The molecule has 2 aromatic rings. The minimum absolute atomic E-state index is 0.0888. The molecule has 0 aliphatic carbocycles. The van der Waals surface area contributed by atoms with E-state index in [2.05, 4.69) is 20.8 Å². The highest BCUT2D eigenvalue weighted by Crippen LogP contribution is 2.16. The maximum atomic E-state index is 13.0. The average molecular weight is 390 g/mol. The molecule has 0 fully saturated rings. The van der Waals surface area contributed by atoms with Crippen molar-refractivity contribution in [2.75, 3.05) is 19.0 Å². The first-order valence-electron chi connectivity index (χ1n) is 9.40. The second kappa shape index (κ2) is 10.0. The van der Waals surface area contributed by atoms with Crippen LogP contribution < -0.4 is 0 Å². The van der Waals surface area contributed by atoms with Crippen molar-refractivity contribution in [3.63, 3.8) is 0 Å². The molecule has 0 heterocycles. The van der Waals surface area contributed by atoms with Gasteiger partial charge < -0.3 is 4.74 Å². The molecule has 0 bridgehead atoms. The zero-order valence-corrected chi connectivity index (χ0v) is 17.4. The first-order chi connectivity index (χ1) is 12.8. The molecule has 0 N–H and O–H groups in total. The first kappa shape index (κ1) is 21.6. The monoisotopic (exact) mass is 389 g/mol. The van der Waals surface area contributed by atoms with Crippen LogP contribution >= 0.6 is 0 Å². The van der Waals surface area contributed by atoms with Gasteiger partial charge >= 0.3 is 0 Å². The van der Waals surface area contributed by atoms with Gasteiger partial charge in [-0.25, -0.2) is 8.42 Å². The Labute approximate surface area is 164 Å². The van der Waals surface area contributed by atoms with Crippen molar-refractivity contribution < 1.29 is 13.2 Å². The predicted octanol–water partition coefficient (Wildman–Crippen LogP) is 4.47. The molecule has 0 atom stereocenters. The van der Waals surface area contributed by atoms with Gasteiger partial charge in [-0.05, 0) is 23.0 Å². The minimum Gasteiger partial charge on any atom is -0.381 e. The van der Waals surface area contributed by atoms with Gasteiger partial charge in [0.25, 0.3) is 0 Å². The Morgan fingerprint density at radius 3 is 1.78 bits per heavy atom. The standard InChI is InChI=1S/C22H31NO3S/c1-22(2,3)19-26-15-10-16-27(24,25)23(17-20-11-6-4-7-12-20)18-21-13-8-5-9-14-21/h4-9,11-14H,10,15-19H2,1-3H3. The van der Waals surface area contributed by atoms with Crippen molar-refractivity contribution in [2.24, 2.45) is 5.41 Å². The Hall–Kier alpha value is -1.69. The van der Waals surface area contributed by atoms with Crippen molar-refractivity contribution in [3.05, 3.63) is 71.8 Å². The normalized spacial score (nSPS) is 12.4. The van der Waals surface area contributed by atoms with E-state index in [1.807, 2.05) is 60.7 Å². The SMILES string of the molecule is CC(C)(C)COCCCS(=O)(=O)N(Cc1ccccc1)Cc1ccccc1. The second-order valence-electron chi connectivity index (χ2n) is 8.02.